The molecule has 1 rings (SSSR count). The Bertz CT molecular complexity index is 389. The van der Waals surface area contributed by atoms with Gasteiger partial charge in [0.2, 0.25) is 0 Å². The zero-order valence-electron chi connectivity index (χ0n) is 9.97. The van der Waals surface area contributed by atoms with E-state index in [1.54, 1.807) is 0 Å². The predicted octanol–water partition coefficient (Wildman–Crippen LogP) is 1.22. The van der Waals surface area contributed by atoms with E-state index in [1.165, 1.54) is 33.6 Å². The number of nitrogens with zero attached hydrogens (tertiary/aromatic N) is 1. The molecule has 17 heavy (non-hydrogen) atoms. The van der Waals surface area contributed by atoms with Gasteiger partial charge in [0.15, 0.2) is 6.29 Å². The molecule has 0 unspecified atom stereocenters. The Balaban J connectivity index is 3.15. The van der Waals surface area contributed by atoms with Crippen LogP contribution < -0.4 is 0 Å². The fourth-order valence-corrected chi connectivity index (χ4v) is 1.47. The van der Waals surface area contributed by atoms with Gasteiger partial charge in [-0.25, -0.2) is 9.78 Å². The van der Waals surface area contributed by atoms with E-state index in [0.717, 1.165) is 0 Å². The number of methoxy groups -OCH3 is 3. The lowest BCUT2D eigenvalue weighted by Gasteiger charge is -2.17. The smallest absolute Gasteiger partial charge is 0.354 e. The van der Waals surface area contributed by atoms with Crippen molar-refractivity contribution in [2.75, 3.05) is 21.3 Å². The molecule has 0 atom stereocenters. The van der Waals surface area contributed by atoms with Gasteiger partial charge in [0.25, 0.3) is 0 Å². The average Bonchev–Trinajstić information content (AvgIpc) is 2.32. The van der Waals surface area contributed by atoms with Crippen LogP contribution in [0, 0.1) is 0 Å². The summed E-state index contributed by atoms with van der Waals surface area (Å²) in [6.07, 6.45) is 0.839. The van der Waals surface area contributed by atoms with Crippen LogP contribution in [0.2, 0.25) is 0 Å². The molecular weight excluding hydrogens is 226 g/mol. The molecule has 6 heteroatoms. The van der Waals surface area contributed by atoms with E-state index < -0.39 is 12.3 Å². The van der Waals surface area contributed by atoms with Gasteiger partial charge in [-0.15, -0.1) is 0 Å². The molecule has 0 aliphatic rings. The van der Waals surface area contributed by atoms with Crippen molar-refractivity contribution in [2.45, 2.75) is 12.9 Å². The van der Waals surface area contributed by atoms with Crippen molar-refractivity contribution >= 4 is 5.97 Å². The van der Waals surface area contributed by atoms with E-state index in [0.29, 0.717) is 11.1 Å². The first kappa shape index (κ1) is 13.6. The lowest BCUT2D eigenvalue weighted by Crippen LogP contribution is -2.11. The highest BCUT2D eigenvalue weighted by Crippen LogP contribution is 2.22. The van der Waals surface area contributed by atoms with Crippen molar-refractivity contribution in [1.29, 1.82) is 0 Å². The summed E-state index contributed by atoms with van der Waals surface area (Å²) < 4.78 is 15.2. The second-order valence-corrected chi connectivity index (χ2v) is 3.31. The van der Waals surface area contributed by atoms with Gasteiger partial charge in [-0.05, 0) is 11.6 Å². The van der Waals surface area contributed by atoms with Gasteiger partial charge in [-0.2, -0.15) is 0 Å². The van der Waals surface area contributed by atoms with E-state index >= 15 is 0 Å². The SMILES string of the molecule is COCc1cc(C(=O)O)ncc1C(OC)OC. The van der Waals surface area contributed by atoms with Gasteiger partial charge in [-0.1, -0.05) is 0 Å². The Morgan fingerprint density at radius 2 is 2.06 bits per heavy atom. The third-order valence-electron chi connectivity index (χ3n) is 2.23. The van der Waals surface area contributed by atoms with E-state index in [1.807, 2.05) is 0 Å². The molecular formula is C11H15NO5. The molecule has 0 saturated carbocycles. The first-order valence-electron chi connectivity index (χ1n) is 4.90. The minimum atomic E-state index is -1.08. The number of carboxylic acids is 1. The monoisotopic (exact) mass is 241 g/mol. The van der Waals surface area contributed by atoms with Crippen molar-refractivity contribution < 1.29 is 24.1 Å². The summed E-state index contributed by atoms with van der Waals surface area (Å²) >= 11 is 0. The van der Waals surface area contributed by atoms with Crippen molar-refractivity contribution in [3.8, 4) is 0 Å². The van der Waals surface area contributed by atoms with Crippen LogP contribution in [0.1, 0.15) is 27.9 Å². The fraction of sp³-hybridized carbons (Fsp3) is 0.455. The molecule has 0 bridgehead atoms. The van der Waals surface area contributed by atoms with Gasteiger partial charge in [0, 0.05) is 33.1 Å². The summed E-state index contributed by atoms with van der Waals surface area (Å²) in [5.74, 6) is -1.08. The van der Waals surface area contributed by atoms with Crippen LogP contribution in [0.15, 0.2) is 12.3 Å². The van der Waals surface area contributed by atoms with E-state index in [4.69, 9.17) is 19.3 Å². The second-order valence-electron chi connectivity index (χ2n) is 3.31. The Kier molecular flexibility index (Phi) is 5.02. The molecule has 94 valence electrons. The molecule has 6 nitrogen and oxygen atoms in total. The largest absolute Gasteiger partial charge is 0.477 e. The van der Waals surface area contributed by atoms with Crippen LogP contribution >= 0.6 is 0 Å². The highest BCUT2D eigenvalue weighted by atomic mass is 16.7. The number of hydrogen-bond donors (Lipinski definition) is 1. The molecule has 0 aromatic carbocycles. The minimum Gasteiger partial charge on any atom is -0.477 e. The maximum absolute atomic E-state index is 10.8. The summed E-state index contributed by atoms with van der Waals surface area (Å²) in [7, 11) is 4.52. The van der Waals surface area contributed by atoms with Gasteiger partial charge >= 0.3 is 5.97 Å². The number of hydrogen-bond acceptors (Lipinski definition) is 5. The van der Waals surface area contributed by atoms with Crippen molar-refractivity contribution in [1.82, 2.24) is 4.98 Å². The van der Waals surface area contributed by atoms with Gasteiger partial charge < -0.3 is 19.3 Å². The number of carbonyl (C=O) groups is 1. The predicted molar refractivity (Wildman–Crippen MR) is 58.7 cm³/mol. The first-order chi connectivity index (χ1) is 8.13. The molecule has 0 amide bonds. The Hall–Kier alpha value is -1.50. The molecule has 1 aromatic rings. The van der Waals surface area contributed by atoms with Crippen molar-refractivity contribution in [3.05, 3.63) is 29.1 Å². The highest BCUT2D eigenvalue weighted by molar-refractivity contribution is 5.85. The van der Waals surface area contributed by atoms with Gasteiger partial charge in [0.05, 0.1) is 6.61 Å². The lowest BCUT2D eigenvalue weighted by molar-refractivity contribution is -0.107. The lowest BCUT2D eigenvalue weighted by atomic mass is 10.1. The number of rotatable bonds is 6. The Labute approximate surface area is 99.1 Å². The molecule has 0 radical (unpaired) electrons. The van der Waals surface area contributed by atoms with Crippen LogP contribution in [0.4, 0.5) is 0 Å². The summed E-state index contributed by atoms with van der Waals surface area (Å²) in [5, 5.41) is 8.86. The zero-order valence-corrected chi connectivity index (χ0v) is 9.97. The van der Waals surface area contributed by atoms with Crippen LogP contribution in [0.3, 0.4) is 0 Å². The third-order valence-corrected chi connectivity index (χ3v) is 2.23. The van der Waals surface area contributed by atoms with Crippen LogP contribution in [-0.2, 0) is 20.8 Å². The van der Waals surface area contributed by atoms with E-state index in [9.17, 15) is 4.79 Å². The normalized spacial score (nSPS) is 10.8. The van der Waals surface area contributed by atoms with Crippen molar-refractivity contribution in [3.63, 3.8) is 0 Å². The van der Waals surface area contributed by atoms with Gasteiger partial charge in [-0.3, -0.25) is 0 Å². The fourth-order valence-electron chi connectivity index (χ4n) is 1.47. The third kappa shape index (κ3) is 3.23. The number of aromatic nitrogens is 1. The van der Waals surface area contributed by atoms with E-state index in [-0.39, 0.29) is 12.3 Å². The van der Waals surface area contributed by atoms with Crippen molar-refractivity contribution in [2.24, 2.45) is 0 Å². The summed E-state index contributed by atoms with van der Waals surface area (Å²) in [5.41, 5.74) is 1.29. The standard InChI is InChI=1S/C11H15NO5/c1-15-6-7-4-9(10(13)14)12-5-8(7)11(16-2)17-3/h4-5,11H,6H2,1-3H3,(H,13,14). The van der Waals surface area contributed by atoms with E-state index in [2.05, 4.69) is 4.98 Å². The Morgan fingerprint density at radius 1 is 1.41 bits per heavy atom. The summed E-state index contributed by atoms with van der Waals surface area (Å²) in [6, 6.07) is 1.45. The quantitative estimate of drug-likeness (QED) is 0.754. The first-order valence-corrected chi connectivity index (χ1v) is 4.90. The number of carboxylic acid groups (broad SMARTS) is 1. The second kappa shape index (κ2) is 6.29. The molecule has 0 saturated heterocycles. The van der Waals surface area contributed by atoms with Crippen LogP contribution in [-0.4, -0.2) is 37.4 Å². The molecule has 0 aliphatic heterocycles. The van der Waals surface area contributed by atoms with Crippen LogP contribution in [0.25, 0.3) is 0 Å². The Morgan fingerprint density at radius 3 is 2.53 bits per heavy atom. The number of ether oxygens (including phenoxy) is 3. The van der Waals surface area contributed by atoms with Gasteiger partial charge in [0.1, 0.15) is 5.69 Å². The molecule has 1 heterocycles. The molecule has 0 aliphatic carbocycles. The highest BCUT2D eigenvalue weighted by Gasteiger charge is 2.17. The molecule has 1 N–H and O–H groups in total. The van der Waals surface area contributed by atoms with Crippen LogP contribution in [0.5, 0.6) is 0 Å². The summed E-state index contributed by atoms with van der Waals surface area (Å²) in [4.78, 5) is 14.6. The maximum atomic E-state index is 10.8. The average molecular weight is 241 g/mol. The maximum Gasteiger partial charge on any atom is 0.354 e. The summed E-state index contributed by atoms with van der Waals surface area (Å²) in [6.45, 7) is 0.265. The molecule has 0 spiro atoms. The zero-order chi connectivity index (χ0) is 12.8. The molecule has 1 aromatic heterocycles. The number of pyridine rings is 1. The minimum absolute atomic E-state index is 0.0354. The topological polar surface area (TPSA) is 77.9 Å². The molecule has 0 fully saturated rings. The number of aromatic carboxylic acids is 1.